The number of anilines is 2. The van der Waals surface area contributed by atoms with Crippen molar-refractivity contribution < 1.29 is 0 Å². The molecule has 0 saturated carbocycles. The zero-order valence-electron chi connectivity index (χ0n) is 12.2. The van der Waals surface area contributed by atoms with E-state index in [1.807, 2.05) is 36.4 Å². The molecule has 0 unspecified atom stereocenters. The smallest absolute Gasteiger partial charge is 0.0320 e. The van der Waals surface area contributed by atoms with Crippen LogP contribution in [0.5, 0.6) is 0 Å². The second kappa shape index (κ2) is 6.19. The van der Waals surface area contributed by atoms with Crippen LogP contribution in [0.1, 0.15) is 0 Å². The average Bonchev–Trinajstić information content (AvgIpc) is 2.55. The van der Waals surface area contributed by atoms with Gasteiger partial charge in [0.05, 0.1) is 0 Å². The third-order valence-electron chi connectivity index (χ3n) is 3.55. The standard InChI is InChI=1S/C10H10N2.C10H8/c11-9-3-1-7-2-4-10(12)6-8(7)5-9;1-2-6-10-8-4-3-7-9(10)5-1/h1-6H,11-12H2;1-8H. The highest BCUT2D eigenvalue weighted by molar-refractivity contribution is 5.87. The second-order valence-electron chi connectivity index (χ2n) is 5.21. The summed E-state index contributed by atoms with van der Waals surface area (Å²) in [6, 6.07) is 28.3. The topological polar surface area (TPSA) is 52.0 Å². The highest BCUT2D eigenvalue weighted by Crippen LogP contribution is 2.19. The summed E-state index contributed by atoms with van der Waals surface area (Å²) in [6.45, 7) is 0. The number of fused-ring (bicyclic) bond motifs is 2. The van der Waals surface area contributed by atoms with E-state index in [4.69, 9.17) is 11.5 Å². The normalized spacial score (nSPS) is 10.2. The SMILES string of the molecule is Nc1ccc2ccc(N)cc2c1.c1ccc2ccccc2c1. The second-order valence-corrected chi connectivity index (χ2v) is 5.21. The first kappa shape index (κ1) is 14.0. The van der Waals surface area contributed by atoms with Crippen molar-refractivity contribution in [3.05, 3.63) is 84.9 Å². The Kier molecular flexibility index (Phi) is 3.92. The molecule has 0 amide bonds. The molecular formula is C20H18N2. The zero-order chi connectivity index (χ0) is 15.4. The van der Waals surface area contributed by atoms with Gasteiger partial charge in [0, 0.05) is 11.4 Å². The van der Waals surface area contributed by atoms with Crippen LogP contribution in [0.25, 0.3) is 21.5 Å². The zero-order valence-corrected chi connectivity index (χ0v) is 12.2. The fourth-order valence-corrected chi connectivity index (χ4v) is 2.42. The Balaban J connectivity index is 0.000000133. The van der Waals surface area contributed by atoms with E-state index in [0.29, 0.717) is 0 Å². The number of nitrogens with two attached hydrogens (primary N) is 2. The number of benzene rings is 4. The van der Waals surface area contributed by atoms with Gasteiger partial charge in [0.2, 0.25) is 0 Å². The van der Waals surface area contributed by atoms with Crippen molar-refractivity contribution in [1.82, 2.24) is 0 Å². The first-order valence-corrected chi connectivity index (χ1v) is 7.21. The van der Waals surface area contributed by atoms with Gasteiger partial charge in [-0.05, 0) is 45.8 Å². The number of rotatable bonds is 0. The molecule has 22 heavy (non-hydrogen) atoms. The van der Waals surface area contributed by atoms with Gasteiger partial charge in [-0.3, -0.25) is 0 Å². The van der Waals surface area contributed by atoms with E-state index in [2.05, 4.69) is 48.5 Å². The Morgan fingerprint density at radius 2 is 0.773 bits per heavy atom. The molecule has 2 nitrogen and oxygen atoms in total. The van der Waals surface area contributed by atoms with Crippen molar-refractivity contribution in [2.75, 3.05) is 11.5 Å². The Labute approximate surface area is 130 Å². The van der Waals surface area contributed by atoms with Crippen molar-refractivity contribution >= 4 is 32.9 Å². The van der Waals surface area contributed by atoms with E-state index >= 15 is 0 Å². The van der Waals surface area contributed by atoms with E-state index in [-0.39, 0.29) is 0 Å². The predicted octanol–water partition coefficient (Wildman–Crippen LogP) is 4.84. The molecule has 0 bridgehead atoms. The predicted molar refractivity (Wildman–Crippen MR) is 96.7 cm³/mol. The van der Waals surface area contributed by atoms with Gasteiger partial charge in [-0.25, -0.2) is 0 Å². The minimum atomic E-state index is 0.771. The van der Waals surface area contributed by atoms with Gasteiger partial charge in [0.15, 0.2) is 0 Å². The van der Waals surface area contributed by atoms with E-state index in [9.17, 15) is 0 Å². The van der Waals surface area contributed by atoms with E-state index in [1.54, 1.807) is 0 Å². The van der Waals surface area contributed by atoms with Crippen LogP contribution in [-0.4, -0.2) is 0 Å². The Morgan fingerprint density at radius 1 is 0.409 bits per heavy atom. The molecule has 4 rings (SSSR count). The fourth-order valence-electron chi connectivity index (χ4n) is 2.42. The minimum absolute atomic E-state index is 0.771. The maximum Gasteiger partial charge on any atom is 0.0320 e. The van der Waals surface area contributed by atoms with Gasteiger partial charge in [0.25, 0.3) is 0 Å². The lowest BCUT2D eigenvalue weighted by Gasteiger charge is -1.99. The molecule has 0 aliphatic carbocycles. The molecule has 4 N–H and O–H groups in total. The van der Waals surface area contributed by atoms with Gasteiger partial charge in [-0.15, -0.1) is 0 Å². The summed E-state index contributed by atoms with van der Waals surface area (Å²) >= 11 is 0. The van der Waals surface area contributed by atoms with E-state index < -0.39 is 0 Å². The number of nitrogen functional groups attached to an aromatic ring is 2. The average molecular weight is 286 g/mol. The lowest BCUT2D eigenvalue weighted by Crippen LogP contribution is -1.86. The molecule has 0 atom stereocenters. The van der Waals surface area contributed by atoms with Crippen molar-refractivity contribution in [3.8, 4) is 0 Å². The van der Waals surface area contributed by atoms with Crippen LogP contribution in [0.4, 0.5) is 11.4 Å². The first-order valence-electron chi connectivity index (χ1n) is 7.21. The minimum Gasteiger partial charge on any atom is -0.399 e. The van der Waals surface area contributed by atoms with Gasteiger partial charge in [-0.1, -0.05) is 60.7 Å². The molecule has 0 aromatic heterocycles. The fraction of sp³-hybridized carbons (Fsp3) is 0. The van der Waals surface area contributed by atoms with Crippen molar-refractivity contribution in [2.45, 2.75) is 0 Å². The molecule has 2 heteroatoms. The summed E-state index contributed by atoms with van der Waals surface area (Å²) < 4.78 is 0. The van der Waals surface area contributed by atoms with Crippen LogP contribution in [0, 0.1) is 0 Å². The van der Waals surface area contributed by atoms with Gasteiger partial charge < -0.3 is 11.5 Å². The maximum absolute atomic E-state index is 5.63. The number of hydrogen-bond acceptors (Lipinski definition) is 2. The number of hydrogen-bond donors (Lipinski definition) is 2. The molecule has 108 valence electrons. The molecule has 0 heterocycles. The molecule has 0 aliphatic rings. The third kappa shape index (κ3) is 3.18. The highest BCUT2D eigenvalue weighted by Gasteiger charge is 1.93. The quantitative estimate of drug-likeness (QED) is 0.454. The van der Waals surface area contributed by atoms with Crippen molar-refractivity contribution in [3.63, 3.8) is 0 Å². The van der Waals surface area contributed by atoms with Crippen LogP contribution in [0.15, 0.2) is 84.9 Å². The Morgan fingerprint density at radius 3 is 1.18 bits per heavy atom. The largest absolute Gasteiger partial charge is 0.399 e. The lowest BCUT2D eigenvalue weighted by molar-refractivity contribution is 1.71. The highest BCUT2D eigenvalue weighted by atomic mass is 14.6. The summed E-state index contributed by atoms with van der Waals surface area (Å²) in [5.74, 6) is 0. The molecule has 0 radical (unpaired) electrons. The van der Waals surface area contributed by atoms with Crippen LogP contribution < -0.4 is 11.5 Å². The molecule has 4 aromatic carbocycles. The van der Waals surface area contributed by atoms with Gasteiger partial charge >= 0.3 is 0 Å². The summed E-state index contributed by atoms with van der Waals surface area (Å²) in [5, 5.41) is 4.88. The molecule has 0 fully saturated rings. The Hall–Kier alpha value is -3.00. The molecule has 0 saturated heterocycles. The first-order chi connectivity index (χ1) is 10.7. The molecule has 0 aliphatic heterocycles. The summed E-state index contributed by atoms with van der Waals surface area (Å²) in [7, 11) is 0. The summed E-state index contributed by atoms with van der Waals surface area (Å²) in [5.41, 5.74) is 12.8. The van der Waals surface area contributed by atoms with Gasteiger partial charge in [0.1, 0.15) is 0 Å². The van der Waals surface area contributed by atoms with Crippen LogP contribution in [-0.2, 0) is 0 Å². The molecule has 0 spiro atoms. The Bertz CT molecular complexity index is 811. The monoisotopic (exact) mass is 286 g/mol. The lowest BCUT2D eigenvalue weighted by atomic mass is 10.1. The van der Waals surface area contributed by atoms with Crippen molar-refractivity contribution in [2.24, 2.45) is 0 Å². The van der Waals surface area contributed by atoms with Crippen LogP contribution in [0.2, 0.25) is 0 Å². The van der Waals surface area contributed by atoms with Gasteiger partial charge in [-0.2, -0.15) is 0 Å². The maximum atomic E-state index is 5.63. The van der Waals surface area contributed by atoms with Crippen molar-refractivity contribution in [1.29, 1.82) is 0 Å². The molecular weight excluding hydrogens is 268 g/mol. The van der Waals surface area contributed by atoms with Crippen LogP contribution in [0.3, 0.4) is 0 Å². The third-order valence-corrected chi connectivity index (χ3v) is 3.55. The van der Waals surface area contributed by atoms with E-state index in [0.717, 1.165) is 16.8 Å². The van der Waals surface area contributed by atoms with Crippen LogP contribution >= 0.6 is 0 Å². The summed E-state index contributed by atoms with van der Waals surface area (Å²) in [4.78, 5) is 0. The summed E-state index contributed by atoms with van der Waals surface area (Å²) in [6.07, 6.45) is 0. The molecule has 4 aromatic rings. The van der Waals surface area contributed by atoms with E-state index in [1.165, 1.54) is 16.2 Å².